The first kappa shape index (κ1) is 98.8. The average molecular weight is 1600 g/mol. The van der Waals surface area contributed by atoms with E-state index in [1.165, 1.54) is 150 Å². The van der Waals surface area contributed by atoms with Gasteiger partial charge in [0.25, 0.3) is 0 Å². The molecule has 1 amide bonds. The van der Waals surface area contributed by atoms with Crippen LogP contribution in [-0.4, -0.2) is 98.7 Å². The third kappa shape index (κ3) is 38.1. The maximum absolute atomic E-state index is 11.9. The molecule has 10 aromatic rings. The lowest BCUT2D eigenvalue weighted by Crippen LogP contribution is -2.16. The van der Waals surface area contributed by atoms with Crippen LogP contribution in [0.25, 0.3) is 0 Å². The highest BCUT2D eigenvalue weighted by Crippen LogP contribution is 2.39. The summed E-state index contributed by atoms with van der Waals surface area (Å²) in [6.07, 6.45) is 20.6. The third-order valence-electron chi connectivity index (χ3n) is 18.2. The zero-order valence-electron chi connectivity index (χ0n) is 70.0. The van der Waals surface area contributed by atoms with Crippen molar-refractivity contribution < 1.29 is 89.7 Å². The van der Waals surface area contributed by atoms with E-state index >= 15 is 0 Å². The molecule has 10 rings (SSSR count). The quantitative estimate of drug-likeness (QED) is 0.0144. The Bertz CT molecular complexity index is 4600. The number of benzene rings is 10. The number of rotatable bonds is 25. The summed E-state index contributed by atoms with van der Waals surface area (Å²) in [6.45, 7) is 24.5. The number of ether oxygens (including phenoxy) is 1. The molecule has 0 fully saturated rings. The van der Waals surface area contributed by atoms with Crippen LogP contribution >= 0.6 is 0 Å². The molecular weight excluding hydrogens is 1480 g/mol. The van der Waals surface area contributed by atoms with Crippen molar-refractivity contribution in [1.82, 2.24) is 0 Å². The van der Waals surface area contributed by atoms with Crippen molar-refractivity contribution in [3.8, 4) is 51.7 Å². The van der Waals surface area contributed by atoms with Crippen LogP contribution < -0.4 is 10.1 Å². The van der Waals surface area contributed by atoms with Gasteiger partial charge in [-0.3, -0.25) is 14.4 Å². The molecule has 0 bridgehead atoms. The highest BCUT2D eigenvalue weighted by Gasteiger charge is 2.25. The summed E-state index contributed by atoms with van der Waals surface area (Å²) in [7, 11) is 1.62. The van der Waals surface area contributed by atoms with Crippen molar-refractivity contribution in [3.63, 3.8) is 0 Å². The van der Waals surface area contributed by atoms with Gasteiger partial charge in [0.2, 0.25) is 5.91 Å². The summed E-state index contributed by atoms with van der Waals surface area (Å²) in [6, 6.07) is 62.9. The molecule has 0 aliphatic rings. The maximum atomic E-state index is 11.9. The van der Waals surface area contributed by atoms with Crippen LogP contribution in [0.5, 0.6) is 51.7 Å². The second-order valence-corrected chi connectivity index (χ2v) is 31.0. The Morgan fingerprint density at radius 1 is 0.325 bits per heavy atom. The molecule has 0 heterocycles. The zero-order valence-corrected chi connectivity index (χ0v) is 70.0. The van der Waals surface area contributed by atoms with Crippen LogP contribution in [-0.2, 0) is 21.0 Å². The number of methoxy groups -OCH3 is 1. The van der Waals surface area contributed by atoms with Gasteiger partial charge in [0.1, 0.15) is 57.3 Å². The van der Waals surface area contributed by atoms with E-state index in [1.54, 1.807) is 136 Å². The number of anilines is 1. The van der Waals surface area contributed by atoms with Crippen LogP contribution in [0.3, 0.4) is 0 Å². The van der Waals surface area contributed by atoms with E-state index in [0.717, 1.165) is 41.0 Å². The average Bonchev–Trinajstić information content (AvgIpc) is 0.798. The van der Waals surface area contributed by atoms with Gasteiger partial charge in [-0.25, -0.2) is 14.4 Å². The molecule has 0 aliphatic heterocycles. The molecule has 0 saturated heterocycles. The van der Waals surface area contributed by atoms with E-state index in [0.29, 0.717) is 51.3 Å². The predicted molar refractivity (Wildman–Crippen MR) is 466 cm³/mol. The molecule has 626 valence electrons. The predicted octanol–water partition coefficient (Wildman–Crippen LogP) is 23.4. The highest BCUT2D eigenvalue weighted by atomic mass is 16.5. The van der Waals surface area contributed by atoms with E-state index in [4.69, 9.17) is 35.4 Å². The molecule has 19 heteroatoms. The second-order valence-electron chi connectivity index (χ2n) is 31.0. The van der Waals surface area contributed by atoms with E-state index in [2.05, 4.69) is 74.6 Å². The number of carboxylic acids is 3. The molecule has 0 radical (unpaired) electrons. The van der Waals surface area contributed by atoms with Gasteiger partial charge < -0.3 is 66.2 Å². The van der Waals surface area contributed by atoms with Gasteiger partial charge in [-0.2, -0.15) is 0 Å². The number of carboxylic acid groups (broad SMARTS) is 3. The van der Waals surface area contributed by atoms with Gasteiger partial charge in [0, 0.05) is 34.4 Å². The third-order valence-corrected chi connectivity index (χ3v) is 18.2. The largest absolute Gasteiger partial charge is 0.508 e. The summed E-state index contributed by atoms with van der Waals surface area (Å²) in [5.74, 6) is -1.19. The lowest BCUT2D eigenvalue weighted by Gasteiger charge is -2.26. The Morgan fingerprint density at radius 3 is 1.13 bits per heavy atom. The normalized spacial score (nSPS) is 10.5. The van der Waals surface area contributed by atoms with Gasteiger partial charge >= 0.3 is 17.9 Å². The molecule has 0 saturated carbocycles. The number of aryl methyl sites for hydroxylation is 2. The molecule has 0 atom stereocenters. The first-order valence-electron chi connectivity index (χ1n) is 39.4. The smallest absolute Gasteiger partial charge is 0.339 e. The molecule has 19 nitrogen and oxygen atoms in total. The van der Waals surface area contributed by atoms with Crippen LogP contribution in [0.1, 0.15) is 263 Å². The first-order chi connectivity index (χ1) is 55.3. The van der Waals surface area contributed by atoms with E-state index in [-0.39, 0.29) is 84.9 Å². The number of carbonyl (C=O) groups is 6. The van der Waals surface area contributed by atoms with E-state index < -0.39 is 17.9 Å². The number of hydrogen-bond donors (Lipinski definition) is 12. The summed E-state index contributed by atoms with van der Waals surface area (Å²) < 4.78 is 5.09. The van der Waals surface area contributed by atoms with Gasteiger partial charge in [0.15, 0.2) is 11.6 Å². The number of aromatic hydroxyl groups is 8. The number of phenols is 8. The van der Waals surface area contributed by atoms with E-state index in [9.17, 15) is 54.3 Å². The van der Waals surface area contributed by atoms with Crippen molar-refractivity contribution in [2.24, 2.45) is 0 Å². The molecule has 10 aromatic carbocycles. The summed E-state index contributed by atoms with van der Waals surface area (Å²) in [4.78, 5) is 66.7. The fourth-order valence-corrected chi connectivity index (χ4v) is 11.4. The van der Waals surface area contributed by atoms with Gasteiger partial charge in [-0.05, 0) is 186 Å². The number of aromatic carboxylic acids is 3. The number of carbonyl (C=O) groups excluding carboxylic acids is 3. The lowest BCUT2D eigenvalue weighted by atomic mass is 9.80. The number of ketones is 2. The molecule has 0 aromatic heterocycles. The van der Waals surface area contributed by atoms with Gasteiger partial charge in [-0.1, -0.05) is 262 Å². The van der Waals surface area contributed by atoms with Crippen molar-refractivity contribution in [1.29, 1.82) is 0 Å². The minimum Gasteiger partial charge on any atom is -0.508 e. The summed E-state index contributed by atoms with van der Waals surface area (Å²) in [5, 5.41) is 103. The van der Waals surface area contributed by atoms with Crippen LogP contribution in [0.2, 0.25) is 0 Å². The highest BCUT2D eigenvalue weighted by molar-refractivity contribution is 6.10. The van der Waals surface area contributed by atoms with Crippen molar-refractivity contribution in [3.05, 3.63) is 297 Å². The fourth-order valence-electron chi connectivity index (χ4n) is 11.4. The summed E-state index contributed by atoms with van der Waals surface area (Å²) in [5.41, 5.74) is 7.26. The fraction of sp³-hybridized carbons (Fsp3) is 0.327. The maximum Gasteiger partial charge on any atom is 0.339 e. The summed E-state index contributed by atoms with van der Waals surface area (Å²) >= 11 is 0. The number of amides is 1. The Kier molecular flexibility index (Phi) is 43.5. The van der Waals surface area contributed by atoms with Crippen molar-refractivity contribution in [2.75, 3.05) is 12.4 Å². The van der Waals surface area contributed by atoms with Crippen LogP contribution in [0.15, 0.2) is 231 Å². The SMILES string of the molecule is CC(C)(C)c1cccc(C(C)(C)C)c1O.CCCCCCCCCCCCCCCCCC(=O)Nc1ccc(O)cc1.COc1ccc(O)c(C(C)(C)C)c1.Cc1cc(C(=O)O)ccc1O.Cc1cccc(C(=O)O)c1O.O=C(O)c1ccc(O)cc1.O=C(c1ccccc1)c1ccc(O)cc1.O=C(c1ccccc1)c1ccccc1O. The number of phenolic OH excluding ortho intramolecular Hbond substituents is 7. The zero-order chi connectivity index (χ0) is 87.3. The molecule has 0 unspecified atom stereocenters. The van der Waals surface area contributed by atoms with Gasteiger partial charge in [0.05, 0.1) is 23.8 Å². The van der Waals surface area contributed by atoms with Crippen molar-refractivity contribution in [2.45, 2.75) is 202 Å². The number of nitrogens with one attached hydrogen (secondary N) is 1. The van der Waals surface area contributed by atoms with Crippen LogP contribution in [0, 0.1) is 13.8 Å². The first-order valence-corrected chi connectivity index (χ1v) is 39.4. The molecule has 0 spiro atoms. The van der Waals surface area contributed by atoms with Gasteiger partial charge in [-0.15, -0.1) is 0 Å². The lowest BCUT2D eigenvalue weighted by molar-refractivity contribution is -0.116. The Balaban J connectivity index is 0.000000353. The number of para-hydroxylation sites is 3. The van der Waals surface area contributed by atoms with Crippen LogP contribution in [0.4, 0.5) is 5.69 Å². The molecular formula is C98H121NO18. The number of unbranched alkanes of at least 4 members (excludes halogenated alkanes) is 14. The topological polar surface area (TPSA) is 346 Å². The molecule has 117 heavy (non-hydrogen) atoms. The standard InChI is InChI=1S/C24H41NO2.C14H22O.2C13H10O2.C11H16O2.2C8H8O3.C7H6O3/c1-2-3-4-5-6-7-8-9-10-11-12-13-14-15-16-17-24(27)25-22-18-20-23(26)21-19-22;1-13(2,3)10-8-7-9-11(12(10)15)14(4,5)6;14-12-9-5-4-8-11(12)13(15)10-6-2-1-3-7-10;14-12-8-6-11(7-9-12)13(15)10-4-2-1-3-5-10;1-11(2,3)9-7-8(13-4)5-6-10(9)12;1-5-4-6(8(10)11)2-3-7(5)9;1-5-3-2-4-6(7(5)9)8(10)11;8-6-3-1-5(2-4-6)7(9)10/h18-21,26H,2-17H2,1H3,(H,25,27);7-9,15H,1-6H3;2*1-9,14H;5-7,12H,1-4H3;2*2-4,9H,1H3,(H,10,11);1-4,8H,(H,9,10). The Labute approximate surface area is 690 Å². The molecule has 0 aliphatic carbocycles. The Hall–Kier alpha value is -12.4. The number of hydrogen-bond acceptors (Lipinski definition) is 15. The second kappa shape index (κ2) is 51.5. The Morgan fingerprint density at radius 2 is 0.709 bits per heavy atom. The molecule has 12 N–H and O–H groups in total. The minimum atomic E-state index is -1.11. The van der Waals surface area contributed by atoms with Crippen molar-refractivity contribution >= 4 is 41.1 Å². The minimum absolute atomic E-state index is 0.00859. The van der Waals surface area contributed by atoms with E-state index in [1.807, 2.05) is 48.5 Å². The monoisotopic (exact) mass is 1600 g/mol.